The molecule has 9 heteroatoms. The van der Waals surface area contributed by atoms with E-state index in [0.29, 0.717) is 13.1 Å². The van der Waals surface area contributed by atoms with Crippen molar-refractivity contribution in [2.24, 2.45) is 0 Å². The topological polar surface area (TPSA) is 84.5 Å². The van der Waals surface area contributed by atoms with Crippen molar-refractivity contribution in [1.29, 1.82) is 0 Å². The Morgan fingerprint density at radius 2 is 1.83 bits per heavy atom. The van der Waals surface area contributed by atoms with Gasteiger partial charge in [-0.1, -0.05) is 52.3 Å². The number of nitrogens with zero attached hydrogens (tertiary/aromatic N) is 5. The first-order valence-corrected chi connectivity index (χ1v) is 14.6. The molecular formula is C32H43FN6O2. The molecule has 1 aliphatic heterocycles. The first-order valence-electron chi connectivity index (χ1n) is 14.6. The molecule has 1 aliphatic rings. The number of nitrogens with one attached hydrogen (secondary N) is 1. The second-order valence-electron chi connectivity index (χ2n) is 9.89. The number of aryl methyl sites for hydroxylation is 2. The summed E-state index contributed by atoms with van der Waals surface area (Å²) in [6.45, 7) is 14.2. The molecule has 220 valence electrons. The highest BCUT2D eigenvalue weighted by atomic mass is 19.1. The second kappa shape index (κ2) is 15.1. The summed E-state index contributed by atoms with van der Waals surface area (Å²) in [5.74, 6) is 0.402. The Bertz CT molecular complexity index is 1480. The quantitative estimate of drug-likeness (QED) is 0.311. The van der Waals surface area contributed by atoms with Crippen molar-refractivity contribution >= 4 is 17.4 Å². The monoisotopic (exact) mass is 562 g/mol. The fourth-order valence-corrected chi connectivity index (χ4v) is 4.83. The summed E-state index contributed by atoms with van der Waals surface area (Å²) < 4.78 is 15.5. The number of unbranched alkanes of at least 4 members (excludes halogenated alkanes) is 1. The largest absolute Gasteiger partial charge is 0.353 e. The molecule has 8 nitrogen and oxygen atoms in total. The third kappa shape index (κ3) is 7.80. The maximum absolute atomic E-state index is 13.1. The Labute approximate surface area is 242 Å². The minimum Gasteiger partial charge on any atom is -0.353 e. The molecule has 0 aliphatic carbocycles. The molecule has 1 atom stereocenters. The number of hydrogen-bond donors (Lipinski definition) is 1. The molecule has 41 heavy (non-hydrogen) atoms. The molecule has 1 saturated heterocycles. The molecule has 0 bridgehead atoms. The average Bonchev–Trinajstić information content (AvgIpc) is 3.61. The predicted octanol–water partition coefficient (Wildman–Crippen LogP) is 5.73. The van der Waals surface area contributed by atoms with Gasteiger partial charge in [-0.3, -0.25) is 9.59 Å². The number of carbonyl (C=O) groups is 1. The zero-order valence-corrected chi connectivity index (χ0v) is 25.2. The van der Waals surface area contributed by atoms with E-state index in [1.54, 1.807) is 35.0 Å². The van der Waals surface area contributed by atoms with Crippen LogP contribution in [-0.2, 0) is 13.0 Å². The van der Waals surface area contributed by atoms with Gasteiger partial charge in [-0.05, 0) is 69.0 Å². The smallest absolute Gasteiger partial charge is 0.263 e. The summed E-state index contributed by atoms with van der Waals surface area (Å²) in [6, 6.07) is 13.6. The number of anilines is 1. The lowest BCUT2D eigenvalue weighted by Gasteiger charge is -2.19. The minimum absolute atomic E-state index is 0.0289. The third-order valence-electron chi connectivity index (χ3n) is 7.12. The van der Waals surface area contributed by atoms with E-state index in [1.807, 2.05) is 44.3 Å². The lowest BCUT2D eigenvalue weighted by Crippen LogP contribution is -2.41. The van der Waals surface area contributed by atoms with E-state index < -0.39 is 0 Å². The van der Waals surface area contributed by atoms with Crippen LogP contribution in [0.3, 0.4) is 0 Å². The SMILES string of the molecule is CC.CCCCn1c(C)c(CC)cc(C(=O)N[C@H]2CCN(c3ccc4ncc(C)n4n3)C2)c1=O.Fc1ccccc1. The van der Waals surface area contributed by atoms with Crippen molar-refractivity contribution in [3.63, 3.8) is 0 Å². The van der Waals surface area contributed by atoms with E-state index in [4.69, 9.17) is 0 Å². The zero-order valence-electron chi connectivity index (χ0n) is 25.2. The molecule has 1 aromatic carbocycles. The van der Waals surface area contributed by atoms with Gasteiger partial charge in [0.2, 0.25) is 0 Å². The Balaban J connectivity index is 0.000000443. The highest BCUT2D eigenvalue weighted by molar-refractivity contribution is 5.94. The van der Waals surface area contributed by atoms with Crippen LogP contribution in [0.4, 0.5) is 10.2 Å². The van der Waals surface area contributed by atoms with Crippen LogP contribution in [0.25, 0.3) is 5.65 Å². The van der Waals surface area contributed by atoms with Crippen LogP contribution >= 0.6 is 0 Å². The normalized spacial score (nSPS) is 14.2. The molecule has 3 aromatic heterocycles. The van der Waals surface area contributed by atoms with Crippen LogP contribution in [-0.4, -0.2) is 44.2 Å². The molecule has 0 saturated carbocycles. The van der Waals surface area contributed by atoms with Gasteiger partial charge in [0.15, 0.2) is 5.65 Å². The van der Waals surface area contributed by atoms with Gasteiger partial charge in [-0.25, -0.2) is 13.9 Å². The Kier molecular flexibility index (Phi) is 11.6. The highest BCUT2D eigenvalue weighted by Crippen LogP contribution is 2.19. The van der Waals surface area contributed by atoms with Gasteiger partial charge in [0.1, 0.15) is 17.2 Å². The average molecular weight is 563 g/mol. The maximum atomic E-state index is 13.1. The number of halogens is 1. The molecule has 1 N–H and O–H groups in total. The molecule has 1 amide bonds. The van der Waals surface area contributed by atoms with E-state index in [2.05, 4.69) is 34.1 Å². The number of carbonyl (C=O) groups excluding carboxylic acids is 1. The summed E-state index contributed by atoms with van der Waals surface area (Å²) in [7, 11) is 0. The number of rotatable bonds is 7. The summed E-state index contributed by atoms with van der Waals surface area (Å²) in [5.41, 5.74) is 3.87. The van der Waals surface area contributed by atoms with Crippen molar-refractivity contribution in [1.82, 2.24) is 24.5 Å². The number of amides is 1. The van der Waals surface area contributed by atoms with E-state index in [9.17, 15) is 14.0 Å². The van der Waals surface area contributed by atoms with Gasteiger partial charge in [0.05, 0.1) is 11.9 Å². The van der Waals surface area contributed by atoms with Crippen LogP contribution in [0, 0.1) is 19.7 Å². The molecule has 4 heterocycles. The molecule has 0 unspecified atom stereocenters. The van der Waals surface area contributed by atoms with Crippen LogP contribution in [0.15, 0.2) is 59.5 Å². The minimum atomic E-state index is -0.282. The van der Waals surface area contributed by atoms with Gasteiger partial charge in [-0.2, -0.15) is 0 Å². The number of pyridine rings is 1. The standard InChI is InChI=1S/C24H32N6O2.C6H5F.C2H6/c1-5-7-11-29-17(4)18(6-2)13-20(24(29)32)23(31)26-19-10-12-28(15-19)22-9-8-21-25-14-16(3)30(21)27-22;7-6-4-2-1-3-5-6;1-2/h8-9,13-14,19H,5-7,10-12,15H2,1-4H3,(H,26,31);1-5H;1-2H3/t19-;;/m0../s1. The van der Waals surface area contributed by atoms with Gasteiger partial charge in [-0.15, -0.1) is 5.10 Å². The van der Waals surface area contributed by atoms with E-state index in [0.717, 1.165) is 60.6 Å². The summed E-state index contributed by atoms with van der Waals surface area (Å²) >= 11 is 0. The van der Waals surface area contributed by atoms with Crippen molar-refractivity contribution in [2.75, 3.05) is 18.0 Å². The Hall–Kier alpha value is -4.01. The van der Waals surface area contributed by atoms with Gasteiger partial charge < -0.3 is 14.8 Å². The van der Waals surface area contributed by atoms with Crippen molar-refractivity contribution in [3.8, 4) is 0 Å². The van der Waals surface area contributed by atoms with Crippen molar-refractivity contribution in [3.05, 3.63) is 93.4 Å². The molecule has 4 aromatic rings. The van der Waals surface area contributed by atoms with Crippen LogP contribution < -0.4 is 15.8 Å². The van der Waals surface area contributed by atoms with E-state index in [-0.39, 0.29) is 28.9 Å². The van der Waals surface area contributed by atoms with Crippen LogP contribution in [0.2, 0.25) is 0 Å². The Morgan fingerprint density at radius 3 is 2.46 bits per heavy atom. The van der Waals surface area contributed by atoms with Crippen LogP contribution in [0.5, 0.6) is 0 Å². The molecule has 5 rings (SSSR count). The number of aromatic nitrogens is 4. The third-order valence-corrected chi connectivity index (χ3v) is 7.12. The summed E-state index contributed by atoms with van der Waals surface area (Å²) in [6.07, 6.45) is 5.32. The summed E-state index contributed by atoms with van der Waals surface area (Å²) in [4.78, 5) is 32.6. The number of fused-ring (bicyclic) bond motifs is 1. The molecule has 0 radical (unpaired) electrons. The molecular weight excluding hydrogens is 519 g/mol. The lowest BCUT2D eigenvalue weighted by molar-refractivity contribution is 0.0938. The van der Waals surface area contributed by atoms with Gasteiger partial charge >= 0.3 is 0 Å². The Morgan fingerprint density at radius 1 is 1.10 bits per heavy atom. The first kappa shape index (κ1) is 31.5. The van der Waals surface area contributed by atoms with Gasteiger partial charge in [0.25, 0.3) is 11.5 Å². The summed E-state index contributed by atoms with van der Waals surface area (Å²) in [5, 5.41) is 7.78. The lowest BCUT2D eigenvalue weighted by atomic mass is 10.1. The number of hydrogen-bond acceptors (Lipinski definition) is 5. The predicted molar refractivity (Wildman–Crippen MR) is 163 cm³/mol. The first-order chi connectivity index (χ1) is 19.8. The molecule has 0 spiro atoms. The van der Waals surface area contributed by atoms with E-state index in [1.165, 1.54) is 12.1 Å². The highest BCUT2D eigenvalue weighted by Gasteiger charge is 2.27. The van der Waals surface area contributed by atoms with Crippen molar-refractivity contribution in [2.45, 2.75) is 79.8 Å². The van der Waals surface area contributed by atoms with E-state index >= 15 is 0 Å². The van der Waals surface area contributed by atoms with Gasteiger partial charge in [0, 0.05) is 31.4 Å². The van der Waals surface area contributed by atoms with Crippen molar-refractivity contribution < 1.29 is 9.18 Å². The zero-order chi connectivity index (χ0) is 29.9. The second-order valence-corrected chi connectivity index (χ2v) is 9.89. The fraction of sp³-hybridized carbons (Fsp3) is 0.438. The molecule has 1 fully saturated rings. The number of benzene rings is 1. The number of imidazole rings is 1. The fourth-order valence-electron chi connectivity index (χ4n) is 4.83. The van der Waals surface area contributed by atoms with Crippen LogP contribution in [0.1, 0.15) is 74.3 Å². The maximum Gasteiger partial charge on any atom is 0.263 e.